The van der Waals surface area contributed by atoms with E-state index in [1.54, 1.807) is 22.1 Å². The molecule has 2 aliphatic rings. The maximum absolute atomic E-state index is 12.7. The molecule has 5 rings (SSSR count). The maximum atomic E-state index is 12.7. The van der Waals surface area contributed by atoms with Gasteiger partial charge in [-0.2, -0.15) is 5.10 Å². The molecule has 0 N–H and O–H groups in total. The molecule has 7 heteroatoms. The minimum Gasteiger partial charge on any atom is -0.337 e. The van der Waals surface area contributed by atoms with Gasteiger partial charge in [0.2, 0.25) is 0 Å². The predicted molar refractivity (Wildman–Crippen MR) is 95.4 cm³/mol. The third kappa shape index (κ3) is 2.33. The molecule has 3 aromatic rings. The minimum atomic E-state index is 0.0421. The number of carbonyl (C=O) groups is 1. The molecule has 6 nitrogen and oxygen atoms in total. The van der Waals surface area contributed by atoms with Gasteiger partial charge in [-0.1, -0.05) is 6.07 Å². The number of imidazole rings is 1. The Morgan fingerprint density at radius 3 is 3.00 bits per heavy atom. The summed E-state index contributed by atoms with van der Waals surface area (Å²) >= 11 is 1.75. The van der Waals surface area contributed by atoms with E-state index < -0.39 is 0 Å². The average molecular weight is 353 g/mol. The van der Waals surface area contributed by atoms with Crippen molar-refractivity contribution in [1.82, 2.24) is 24.2 Å². The molecule has 1 atom stereocenters. The van der Waals surface area contributed by atoms with Crippen molar-refractivity contribution in [2.45, 2.75) is 19.4 Å². The fourth-order valence-electron chi connectivity index (χ4n) is 4.15. The molecule has 0 aliphatic carbocycles. The number of likely N-dealkylation sites (tertiary alicyclic amines) is 1. The van der Waals surface area contributed by atoms with Crippen LogP contribution in [0.5, 0.6) is 0 Å². The van der Waals surface area contributed by atoms with Crippen LogP contribution in [-0.2, 0) is 20.0 Å². The predicted octanol–water partition coefficient (Wildman–Crippen LogP) is 2.43. The first-order chi connectivity index (χ1) is 12.1. The van der Waals surface area contributed by atoms with Gasteiger partial charge in [-0.3, -0.25) is 9.48 Å². The van der Waals surface area contributed by atoms with Gasteiger partial charge in [0.25, 0.3) is 5.91 Å². The third-order valence-corrected chi connectivity index (χ3v) is 6.29. The van der Waals surface area contributed by atoms with Crippen LogP contribution in [0.4, 0.5) is 0 Å². The molecule has 1 saturated heterocycles. The highest BCUT2D eigenvalue weighted by Gasteiger charge is 2.46. The van der Waals surface area contributed by atoms with Crippen molar-refractivity contribution >= 4 is 17.2 Å². The first-order valence-electron chi connectivity index (χ1n) is 8.51. The van der Waals surface area contributed by atoms with E-state index in [1.807, 2.05) is 24.3 Å². The van der Waals surface area contributed by atoms with E-state index in [9.17, 15) is 4.79 Å². The van der Waals surface area contributed by atoms with Crippen molar-refractivity contribution in [3.05, 3.63) is 47.5 Å². The first-order valence-corrected chi connectivity index (χ1v) is 9.39. The standard InChI is InChI=1S/C18H19N5OS/c1-21-6-4-13(20-21)17(24)22-7-5-18(11-22)9-16-19-10-14(23(16)12-18)15-3-2-8-25-15/h2-4,6,8,10H,5,7,9,11-12H2,1H3/t18-/m0/s1. The van der Waals surface area contributed by atoms with E-state index in [0.717, 1.165) is 38.3 Å². The van der Waals surface area contributed by atoms with Crippen molar-refractivity contribution < 1.29 is 4.79 Å². The zero-order chi connectivity index (χ0) is 17.0. The zero-order valence-electron chi connectivity index (χ0n) is 14.1. The van der Waals surface area contributed by atoms with E-state index in [-0.39, 0.29) is 11.3 Å². The highest BCUT2D eigenvalue weighted by atomic mass is 32.1. The van der Waals surface area contributed by atoms with Crippen LogP contribution in [0.2, 0.25) is 0 Å². The Labute approximate surface area is 149 Å². The summed E-state index contributed by atoms with van der Waals surface area (Å²) in [6.45, 7) is 2.53. The fraction of sp³-hybridized carbons (Fsp3) is 0.389. The number of thiophene rings is 1. The van der Waals surface area contributed by atoms with Crippen molar-refractivity contribution in [3.8, 4) is 10.6 Å². The van der Waals surface area contributed by atoms with Crippen LogP contribution in [0.15, 0.2) is 36.0 Å². The fourth-order valence-corrected chi connectivity index (χ4v) is 4.90. The van der Waals surface area contributed by atoms with Gasteiger partial charge in [-0.05, 0) is 23.9 Å². The van der Waals surface area contributed by atoms with Crippen LogP contribution < -0.4 is 0 Å². The summed E-state index contributed by atoms with van der Waals surface area (Å²) in [6, 6.07) is 6.01. The molecular weight excluding hydrogens is 334 g/mol. The van der Waals surface area contributed by atoms with Gasteiger partial charge < -0.3 is 9.47 Å². The van der Waals surface area contributed by atoms with Gasteiger partial charge in [0, 0.05) is 44.7 Å². The lowest BCUT2D eigenvalue weighted by Gasteiger charge is -2.23. The highest BCUT2D eigenvalue weighted by Crippen LogP contribution is 2.43. The number of hydrogen-bond acceptors (Lipinski definition) is 4. The Hall–Kier alpha value is -2.41. The van der Waals surface area contributed by atoms with Gasteiger partial charge in [0.15, 0.2) is 0 Å². The average Bonchev–Trinajstić information content (AvgIpc) is 3.36. The van der Waals surface area contributed by atoms with Crippen molar-refractivity contribution in [1.29, 1.82) is 0 Å². The molecule has 0 unspecified atom stereocenters. The molecule has 0 radical (unpaired) electrons. The second-order valence-corrected chi connectivity index (χ2v) is 8.10. The molecule has 25 heavy (non-hydrogen) atoms. The summed E-state index contributed by atoms with van der Waals surface area (Å²) in [5.74, 6) is 1.19. The molecule has 5 heterocycles. The van der Waals surface area contributed by atoms with Crippen LogP contribution in [0, 0.1) is 5.41 Å². The Balaban J connectivity index is 1.37. The largest absolute Gasteiger partial charge is 0.337 e. The molecule has 1 amide bonds. The number of nitrogens with zero attached hydrogens (tertiary/aromatic N) is 5. The summed E-state index contributed by atoms with van der Waals surface area (Å²) in [4.78, 5) is 20.6. The Bertz CT molecular complexity index is 941. The summed E-state index contributed by atoms with van der Waals surface area (Å²) in [6.07, 6.45) is 5.78. The lowest BCUT2D eigenvalue weighted by atomic mass is 9.86. The van der Waals surface area contributed by atoms with Crippen LogP contribution in [0.25, 0.3) is 10.6 Å². The van der Waals surface area contributed by atoms with Crippen molar-refractivity contribution in [2.75, 3.05) is 13.1 Å². The number of carbonyl (C=O) groups excluding carboxylic acids is 1. The molecule has 3 aromatic heterocycles. The third-order valence-electron chi connectivity index (χ3n) is 5.40. The summed E-state index contributed by atoms with van der Waals surface area (Å²) in [5.41, 5.74) is 1.87. The molecule has 128 valence electrons. The van der Waals surface area contributed by atoms with Gasteiger partial charge in [-0.15, -0.1) is 11.3 Å². The Morgan fingerprint density at radius 2 is 2.24 bits per heavy atom. The van der Waals surface area contributed by atoms with E-state index in [2.05, 4.69) is 32.2 Å². The van der Waals surface area contributed by atoms with Crippen LogP contribution in [0.3, 0.4) is 0 Å². The topological polar surface area (TPSA) is 56.0 Å². The van der Waals surface area contributed by atoms with E-state index in [1.165, 1.54) is 10.6 Å². The van der Waals surface area contributed by atoms with E-state index in [4.69, 9.17) is 0 Å². The maximum Gasteiger partial charge on any atom is 0.274 e. The molecular formula is C18H19N5OS. The summed E-state index contributed by atoms with van der Waals surface area (Å²) < 4.78 is 4.03. The number of aryl methyl sites for hydroxylation is 1. The number of amides is 1. The van der Waals surface area contributed by atoms with E-state index >= 15 is 0 Å². The Morgan fingerprint density at radius 1 is 1.32 bits per heavy atom. The van der Waals surface area contributed by atoms with E-state index in [0.29, 0.717) is 5.69 Å². The molecule has 0 saturated carbocycles. The first kappa shape index (κ1) is 14.9. The quantitative estimate of drug-likeness (QED) is 0.711. The molecule has 1 fully saturated rings. The summed E-state index contributed by atoms with van der Waals surface area (Å²) in [5, 5.41) is 6.36. The SMILES string of the molecule is Cn1ccc(C(=O)N2CC[C@]3(Cc4ncc(-c5cccs5)n4C3)C2)n1. The van der Waals surface area contributed by atoms with Crippen LogP contribution in [0.1, 0.15) is 22.7 Å². The highest BCUT2D eigenvalue weighted by molar-refractivity contribution is 7.13. The van der Waals surface area contributed by atoms with Crippen LogP contribution >= 0.6 is 11.3 Å². The van der Waals surface area contributed by atoms with Crippen molar-refractivity contribution in [2.24, 2.45) is 12.5 Å². The Kier molecular flexibility index (Phi) is 3.15. The molecule has 1 spiro atoms. The second-order valence-electron chi connectivity index (χ2n) is 7.15. The van der Waals surface area contributed by atoms with Gasteiger partial charge in [0.1, 0.15) is 11.5 Å². The van der Waals surface area contributed by atoms with Gasteiger partial charge >= 0.3 is 0 Å². The van der Waals surface area contributed by atoms with Gasteiger partial charge in [-0.25, -0.2) is 4.98 Å². The van der Waals surface area contributed by atoms with Gasteiger partial charge in [0.05, 0.1) is 16.8 Å². The lowest BCUT2D eigenvalue weighted by molar-refractivity contribution is 0.0765. The minimum absolute atomic E-state index is 0.0421. The number of aromatic nitrogens is 4. The normalized spacial score (nSPS) is 22.0. The monoisotopic (exact) mass is 353 g/mol. The van der Waals surface area contributed by atoms with Crippen LogP contribution in [-0.4, -0.2) is 43.2 Å². The zero-order valence-corrected chi connectivity index (χ0v) is 14.9. The molecule has 2 aliphatic heterocycles. The van der Waals surface area contributed by atoms with Crippen molar-refractivity contribution in [3.63, 3.8) is 0 Å². The molecule has 0 aromatic carbocycles. The smallest absolute Gasteiger partial charge is 0.274 e. The lowest BCUT2D eigenvalue weighted by Crippen LogP contribution is -2.33. The number of fused-ring (bicyclic) bond motifs is 1. The number of hydrogen-bond donors (Lipinski definition) is 0. The molecule has 0 bridgehead atoms. The number of rotatable bonds is 2. The second kappa shape index (κ2) is 5.29. The summed E-state index contributed by atoms with van der Waals surface area (Å²) in [7, 11) is 1.84.